The number of carboxylic acids is 1. The first-order chi connectivity index (χ1) is 8.66. The van der Waals surface area contributed by atoms with Gasteiger partial charge >= 0.3 is 12.1 Å². The van der Waals surface area contributed by atoms with Crippen LogP contribution < -0.4 is 0 Å². The lowest BCUT2D eigenvalue weighted by Gasteiger charge is -2.31. The van der Waals surface area contributed by atoms with Gasteiger partial charge in [-0.2, -0.15) is 0 Å². The molecule has 1 fully saturated rings. The van der Waals surface area contributed by atoms with Crippen LogP contribution in [0.5, 0.6) is 0 Å². The Morgan fingerprint density at radius 2 is 2.11 bits per heavy atom. The Balaban J connectivity index is 1.92. The van der Waals surface area contributed by atoms with Crippen LogP contribution >= 0.6 is 0 Å². The van der Waals surface area contributed by atoms with Crippen LogP contribution in [0.4, 0.5) is 4.79 Å². The number of rotatable bonds is 4. The third-order valence-electron chi connectivity index (χ3n) is 2.93. The van der Waals surface area contributed by atoms with Crippen LogP contribution in [0.3, 0.4) is 0 Å². The first-order valence-corrected chi connectivity index (χ1v) is 5.89. The van der Waals surface area contributed by atoms with E-state index in [4.69, 9.17) is 9.84 Å². The van der Waals surface area contributed by atoms with Crippen molar-refractivity contribution in [2.24, 2.45) is 0 Å². The molecule has 5 nitrogen and oxygen atoms in total. The minimum absolute atomic E-state index is 0.0505. The Morgan fingerprint density at radius 3 is 2.72 bits per heavy atom. The molecule has 1 heterocycles. The topological polar surface area (TPSA) is 66.8 Å². The molecule has 96 valence electrons. The summed E-state index contributed by atoms with van der Waals surface area (Å²) in [6.45, 7) is 0.737. The van der Waals surface area contributed by atoms with Gasteiger partial charge in [0.1, 0.15) is 6.10 Å². The van der Waals surface area contributed by atoms with Crippen molar-refractivity contribution < 1.29 is 19.4 Å². The van der Waals surface area contributed by atoms with E-state index < -0.39 is 12.1 Å². The first kappa shape index (κ1) is 12.4. The molecule has 1 saturated heterocycles. The van der Waals surface area contributed by atoms with Crippen molar-refractivity contribution in [2.45, 2.75) is 18.9 Å². The Kier molecular flexibility index (Phi) is 3.82. The van der Waals surface area contributed by atoms with Crippen LogP contribution in [0.1, 0.15) is 24.5 Å². The van der Waals surface area contributed by atoms with Crippen molar-refractivity contribution >= 4 is 12.1 Å². The average molecular weight is 249 g/mol. The van der Waals surface area contributed by atoms with E-state index in [9.17, 15) is 9.59 Å². The summed E-state index contributed by atoms with van der Waals surface area (Å²) < 4.78 is 5.31. The second-order valence-electron chi connectivity index (χ2n) is 4.20. The highest BCUT2D eigenvalue weighted by atomic mass is 16.6. The molecular weight excluding hydrogens is 234 g/mol. The number of carbonyl (C=O) groups excluding carboxylic acids is 1. The molecule has 0 aromatic heterocycles. The van der Waals surface area contributed by atoms with E-state index in [-0.39, 0.29) is 19.1 Å². The van der Waals surface area contributed by atoms with E-state index in [0.717, 1.165) is 5.56 Å². The fraction of sp³-hybridized carbons (Fsp3) is 0.385. The van der Waals surface area contributed by atoms with Gasteiger partial charge in [-0.05, 0) is 5.56 Å². The number of hydrogen-bond acceptors (Lipinski definition) is 3. The monoisotopic (exact) mass is 249 g/mol. The van der Waals surface area contributed by atoms with Crippen LogP contribution in [0.25, 0.3) is 0 Å². The maximum absolute atomic E-state index is 11.7. The summed E-state index contributed by atoms with van der Waals surface area (Å²) in [5.74, 6) is -0.909. The average Bonchev–Trinajstić information content (AvgIpc) is 2.38. The van der Waals surface area contributed by atoms with Gasteiger partial charge in [-0.15, -0.1) is 0 Å². The van der Waals surface area contributed by atoms with Gasteiger partial charge in [0, 0.05) is 19.5 Å². The molecule has 1 aromatic carbocycles. The van der Waals surface area contributed by atoms with Crippen molar-refractivity contribution in [1.82, 2.24) is 4.90 Å². The molecule has 2 rings (SSSR count). The fourth-order valence-corrected chi connectivity index (χ4v) is 1.96. The Hall–Kier alpha value is -2.04. The Morgan fingerprint density at radius 1 is 1.39 bits per heavy atom. The van der Waals surface area contributed by atoms with Gasteiger partial charge in [0.25, 0.3) is 0 Å². The summed E-state index contributed by atoms with van der Waals surface area (Å²) in [4.78, 5) is 23.6. The van der Waals surface area contributed by atoms with E-state index in [1.807, 2.05) is 30.3 Å². The normalized spacial score (nSPS) is 19.4. The van der Waals surface area contributed by atoms with Crippen LogP contribution in [0.2, 0.25) is 0 Å². The summed E-state index contributed by atoms with van der Waals surface area (Å²) in [5.41, 5.74) is 0.976. The maximum Gasteiger partial charge on any atom is 0.410 e. The summed E-state index contributed by atoms with van der Waals surface area (Å²) in [6.07, 6.45) is -0.0170. The second kappa shape index (κ2) is 5.53. The highest BCUT2D eigenvalue weighted by Crippen LogP contribution is 2.26. The third kappa shape index (κ3) is 3.00. The molecule has 1 aliphatic heterocycles. The molecule has 1 aromatic rings. The maximum atomic E-state index is 11.7. The number of aliphatic carboxylic acids is 1. The molecule has 1 unspecified atom stereocenters. The largest absolute Gasteiger partial charge is 0.481 e. The van der Waals surface area contributed by atoms with Gasteiger partial charge in [-0.1, -0.05) is 30.3 Å². The number of hydrogen-bond donors (Lipinski definition) is 1. The van der Waals surface area contributed by atoms with Crippen LogP contribution in [0, 0.1) is 0 Å². The van der Waals surface area contributed by atoms with E-state index in [1.165, 1.54) is 4.90 Å². The lowest BCUT2D eigenvalue weighted by Crippen LogP contribution is -2.40. The van der Waals surface area contributed by atoms with E-state index in [2.05, 4.69) is 0 Å². The number of nitrogens with zero attached hydrogens (tertiary/aromatic N) is 1. The SMILES string of the molecule is O=C(O)CCN1CCC(c2ccccc2)OC1=O. The highest BCUT2D eigenvalue weighted by molar-refractivity contribution is 5.71. The first-order valence-electron chi connectivity index (χ1n) is 5.89. The summed E-state index contributed by atoms with van der Waals surface area (Å²) >= 11 is 0. The molecule has 0 aliphatic carbocycles. The van der Waals surface area contributed by atoms with Crippen molar-refractivity contribution in [1.29, 1.82) is 0 Å². The van der Waals surface area contributed by atoms with Crippen molar-refractivity contribution in [3.63, 3.8) is 0 Å². The molecule has 0 bridgehead atoms. The Bertz CT molecular complexity index is 432. The van der Waals surface area contributed by atoms with Gasteiger partial charge in [0.05, 0.1) is 6.42 Å². The smallest absolute Gasteiger partial charge is 0.410 e. The third-order valence-corrected chi connectivity index (χ3v) is 2.93. The molecule has 1 aliphatic rings. The van der Waals surface area contributed by atoms with Gasteiger partial charge in [0.15, 0.2) is 0 Å². The van der Waals surface area contributed by atoms with Crippen LogP contribution in [-0.2, 0) is 9.53 Å². The number of cyclic esters (lactones) is 1. The van der Waals surface area contributed by atoms with Gasteiger partial charge < -0.3 is 14.7 Å². The van der Waals surface area contributed by atoms with Crippen molar-refractivity contribution in [2.75, 3.05) is 13.1 Å². The molecule has 0 saturated carbocycles. The quantitative estimate of drug-likeness (QED) is 0.886. The zero-order valence-corrected chi connectivity index (χ0v) is 9.91. The van der Waals surface area contributed by atoms with E-state index in [0.29, 0.717) is 13.0 Å². The molecule has 1 amide bonds. The molecule has 0 radical (unpaired) electrons. The lowest BCUT2D eigenvalue weighted by atomic mass is 10.1. The number of benzene rings is 1. The molecule has 0 spiro atoms. The number of carboxylic acid groups (broad SMARTS) is 1. The number of amides is 1. The van der Waals surface area contributed by atoms with Gasteiger partial charge in [-0.25, -0.2) is 4.79 Å². The highest BCUT2D eigenvalue weighted by Gasteiger charge is 2.27. The second-order valence-corrected chi connectivity index (χ2v) is 4.20. The number of carbonyl (C=O) groups is 2. The van der Waals surface area contributed by atoms with Crippen LogP contribution in [0.15, 0.2) is 30.3 Å². The Labute approximate surface area is 105 Å². The summed E-state index contributed by atoms with van der Waals surface area (Å²) in [7, 11) is 0. The fourth-order valence-electron chi connectivity index (χ4n) is 1.96. The molecule has 1 atom stereocenters. The molecular formula is C13H15NO4. The minimum Gasteiger partial charge on any atom is -0.481 e. The standard InChI is InChI=1S/C13H15NO4/c15-12(16)7-9-14-8-6-11(18-13(14)17)10-4-2-1-3-5-10/h1-5,11H,6-9H2,(H,15,16). The molecule has 18 heavy (non-hydrogen) atoms. The zero-order chi connectivity index (χ0) is 13.0. The molecule has 5 heteroatoms. The van der Waals surface area contributed by atoms with E-state index in [1.54, 1.807) is 0 Å². The van der Waals surface area contributed by atoms with Crippen molar-refractivity contribution in [3.05, 3.63) is 35.9 Å². The minimum atomic E-state index is -0.909. The van der Waals surface area contributed by atoms with E-state index >= 15 is 0 Å². The number of ether oxygens (including phenoxy) is 1. The van der Waals surface area contributed by atoms with Gasteiger partial charge in [-0.3, -0.25) is 4.79 Å². The van der Waals surface area contributed by atoms with Crippen molar-refractivity contribution in [3.8, 4) is 0 Å². The predicted molar refractivity (Wildman–Crippen MR) is 64.1 cm³/mol. The summed E-state index contributed by atoms with van der Waals surface area (Å²) in [5, 5.41) is 8.58. The zero-order valence-electron chi connectivity index (χ0n) is 9.91. The predicted octanol–water partition coefficient (Wildman–Crippen LogP) is 2.04. The van der Waals surface area contributed by atoms with Crippen LogP contribution in [-0.4, -0.2) is 35.2 Å². The lowest BCUT2D eigenvalue weighted by molar-refractivity contribution is -0.137. The molecule has 1 N–H and O–H groups in total. The summed E-state index contributed by atoms with van der Waals surface area (Å²) in [6, 6.07) is 9.56. The van der Waals surface area contributed by atoms with Gasteiger partial charge in [0.2, 0.25) is 0 Å².